The summed E-state index contributed by atoms with van der Waals surface area (Å²) >= 11 is 0. The standard InChI is InChI=1S/C63H88N2O27S5/c1-62(19-11-41-93(68,69)70)47(46-64(22-24-86-30-32-90-37-38-92-40-39-91-36-34-88-28-26-84-4)54-17-15-50-52(60(54)62)42-48(94(71,72)73)44-56(50)96(77,78)79)12-7-5-8-13-58-63(2,20-23-85-29-31-89-35-33-87-27-25-83-3)61-53-43-49(95(74,75)76)45-57(97(80,81)82)51(53)16-18-55(61)65(58)21-10-6-9-14-59(66)67/h5,7-8,12-13,15-18,42-46H,6,9-11,14,19-41H2,1-4H3,(H,66,67)(H,68,69,70)(H,71,72,73)(H,74,75,76)(H,77,78,79)(H,80,81,82)/b8-5+,12-7+,58-13+. The normalized spacial score (nSPS) is 17.6. The Morgan fingerprint density at radius 3 is 1.35 bits per heavy atom. The molecule has 542 valence electrons. The van der Waals surface area contributed by atoms with Crippen molar-refractivity contribution in [2.45, 2.75) is 89.2 Å². The summed E-state index contributed by atoms with van der Waals surface area (Å²) in [4.78, 5) is 11.9. The van der Waals surface area contributed by atoms with Gasteiger partial charge >= 0.3 is 5.97 Å². The molecule has 0 amide bonds. The highest BCUT2D eigenvalue weighted by Gasteiger charge is 2.45. The second-order valence-corrected chi connectivity index (χ2v) is 30.2. The van der Waals surface area contributed by atoms with Gasteiger partial charge in [0.05, 0.1) is 128 Å². The van der Waals surface area contributed by atoms with Gasteiger partial charge in [0.25, 0.3) is 50.6 Å². The third-order valence-corrected chi connectivity index (χ3v) is 20.4. The second-order valence-electron chi connectivity index (χ2n) is 23.0. The van der Waals surface area contributed by atoms with E-state index in [1.807, 2.05) is 11.8 Å². The van der Waals surface area contributed by atoms with E-state index in [0.29, 0.717) is 119 Å². The average Bonchev–Trinajstić information content (AvgIpc) is 1.70. The maximum absolute atomic E-state index is 13.1. The first-order chi connectivity index (χ1) is 45.9. The van der Waals surface area contributed by atoms with Crippen molar-refractivity contribution in [1.82, 2.24) is 0 Å². The van der Waals surface area contributed by atoms with Crippen LogP contribution in [0.25, 0.3) is 21.5 Å². The summed E-state index contributed by atoms with van der Waals surface area (Å²) in [5.74, 6) is -1.71. The van der Waals surface area contributed by atoms with E-state index in [-0.39, 0.29) is 125 Å². The zero-order chi connectivity index (χ0) is 71.1. The predicted octanol–water partition coefficient (Wildman–Crippen LogP) is 6.84. The Morgan fingerprint density at radius 1 is 0.464 bits per heavy atom. The molecule has 6 rings (SSSR count). The molecule has 2 unspecified atom stereocenters. The number of methoxy groups -OCH3 is 2. The van der Waals surface area contributed by atoms with Gasteiger partial charge in [0.1, 0.15) is 9.79 Å². The Morgan fingerprint density at radius 2 is 0.907 bits per heavy atom. The Labute approximate surface area is 567 Å². The van der Waals surface area contributed by atoms with Gasteiger partial charge < -0.3 is 62.3 Å². The molecule has 4 aromatic rings. The van der Waals surface area contributed by atoms with Crippen LogP contribution in [0, 0.1) is 0 Å². The van der Waals surface area contributed by atoms with Crippen molar-refractivity contribution in [2.75, 3.05) is 162 Å². The minimum Gasteiger partial charge on any atom is -0.481 e. The molecule has 4 aromatic carbocycles. The number of ether oxygens (including phenoxy) is 10. The van der Waals surface area contributed by atoms with E-state index in [1.54, 1.807) is 74.8 Å². The van der Waals surface area contributed by atoms with Crippen molar-refractivity contribution in [3.63, 3.8) is 0 Å². The van der Waals surface area contributed by atoms with E-state index in [4.69, 9.17) is 47.4 Å². The summed E-state index contributed by atoms with van der Waals surface area (Å²) in [7, 11) is -22.0. The molecule has 2 aliphatic heterocycles. The van der Waals surface area contributed by atoms with Gasteiger partial charge in [-0.15, -0.1) is 0 Å². The number of allylic oxidation sites excluding steroid dienone is 7. The maximum atomic E-state index is 13.1. The van der Waals surface area contributed by atoms with Crippen LogP contribution in [0.4, 0.5) is 11.4 Å². The van der Waals surface area contributed by atoms with Crippen molar-refractivity contribution in [3.8, 4) is 0 Å². The zero-order valence-electron chi connectivity index (χ0n) is 54.6. The number of hydrogen-bond acceptors (Lipinski definition) is 23. The molecular weight excluding hydrogens is 1380 g/mol. The molecule has 0 spiro atoms. The second kappa shape index (κ2) is 37.3. The van der Waals surface area contributed by atoms with Crippen molar-refractivity contribution < 1.29 is 122 Å². The number of carbonyl (C=O) groups is 1. The number of carboxylic acid groups (broad SMARTS) is 1. The molecule has 2 heterocycles. The maximum Gasteiger partial charge on any atom is 0.303 e. The number of carboxylic acids is 1. The molecule has 2 atom stereocenters. The largest absolute Gasteiger partial charge is 0.481 e. The molecule has 29 nitrogen and oxygen atoms in total. The Balaban J connectivity index is 1.41. The fourth-order valence-electron chi connectivity index (χ4n) is 11.6. The zero-order valence-corrected chi connectivity index (χ0v) is 58.7. The summed E-state index contributed by atoms with van der Waals surface area (Å²) in [5, 5.41) is 9.22. The van der Waals surface area contributed by atoms with Crippen LogP contribution in [0.1, 0.15) is 69.9 Å². The number of aliphatic carboxylic acids is 1. The van der Waals surface area contributed by atoms with Crippen LogP contribution in [-0.4, -0.2) is 228 Å². The number of unbranched alkanes of at least 4 members (excludes halogenated alkanes) is 2. The number of fused-ring (bicyclic) bond motifs is 6. The van der Waals surface area contributed by atoms with Crippen LogP contribution in [0.3, 0.4) is 0 Å². The minimum absolute atomic E-state index is 0.0459. The Bertz CT molecular complexity index is 4030. The fraction of sp³-hybridized carbons (Fsp3) is 0.540. The third kappa shape index (κ3) is 23.6. The van der Waals surface area contributed by atoms with Gasteiger partial charge in [0.2, 0.25) is 0 Å². The Kier molecular flexibility index (Phi) is 31.0. The van der Waals surface area contributed by atoms with Gasteiger partial charge in [-0.3, -0.25) is 27.6 Å². The van der Waals surface area contributed by atoms with Crippen molar-refractivity contribution >= 4 is 89.5 Å². The minimum atomic E-state index is -5.20. The molecule has 6 N–H and O–H groups in total. The number of benzene rings is 4. The first-order valence-electron chi connectivity index (χ1n) is 31.1. The SMILES string of the molecule is COCCOCCOCCOCCOCCOCCN1C=C(/C=C/C=C/C=C2/N(CCCCCC(=O)O)c3ccc4c(S(=O)(=O)O)cc(S(=O)(=O)O)cc4c3C2(C)CCOCCOCCOCCOC)C(C)(CCCS(=O)(=O)O)c2c1ccc1c(S(=O)(=O)O)cc(S(=O)(=O)O)cc21. The highest BCUT2D eigenvalue weighted by molar-refractivity contribution is 7.87. The van der Waals surface area contributed by atoms with Gasteiger partial charge in [-0.05, 0) is 109 Å². The molecule has 0 bridgehead atoms. The quantitative estimate of drug-likeness (QED) is 0.0150. The van der Waals surface area contributed by atoms with E-state index in [0.717, 1.165) is 12.1 Å². The highest BCUT2D eigenvalue weighted by Crippen LogP contribution is 2.54. The van der Waals surface area contributed by atoms with E-state index in [9.17, 15) is 74.8 Å². The monoisotopic (exact) mass is 1460 g/mol. The first-order valence-corrected chi connectivity index (χ1v) is 38.4. The average molecular weight is 1470 g/mol. The van der Waals surface area contributed by atoms with Crippen LogP contribution in [-0.2, 0) is 114 Å². The van der Waals surface area contributed by atoms with Crippen LogP contribution < -0.4 is 9.80 Å². The number of nitrogens with zero attached hydrogens (tertiary/aromatic N) is 2. The molecule has 0 saturated heterocycles. The van der Waals surface area contributed by atoms with Gasteiger partial charge in [0, 0.05) is 85.2 Å². The molecule has 0 radical (unpaired) electrons. The van der Waals surface area contributed by atoms with Gasteiger partial charge in [0.15, 0.2) is 0 Å². The van der Waals surface area contributed by atoms with Crippen LogP contribution in [0.15, 0.2) is 116 Å². The van der Waals surface area contributed by atoms with Gasteiger partial charge in [-0.1, -0.05) is 49.8 Å². The molecule has 0 saturated carbocycles. The van der Waals surface area contributed by atoms with Crippen LogP contribution in [0.5, 0.6) is 0 Å². The smallest absolute Gasteiger partial charge is 0.303 e. The molecule has 0 fully saturated rings. The summed E-state index contributed by atoms with van der Waals surface area (Å²) in [6.45, 7) is 8.97. The lowest BCUT2D eigenvalue weighted by atomic mass is 9.68. The molecule has 34 heteroatoms. The first kappa shape index (κ1) is 80.6. The summed E-state index contributed by atoms with van der Waals surface area (Å²) in [5.41, 5.74) is -0.121. The number of hydrogen-bond donors (Lipinski definition) is 6. The predicted molar refractivity (Wildman–Crippen MR) is 358 cm³/mol. The highest BCUT2D eigenvalue weighted by atomic mass is 32.2. The van der Waals surface area contributed by atoms with Crippen molar-refractivity contribution in [3.05, 3.63) is 108 Å². The van der Waals surface area contributed by atoms with Gasteiger partial charge in [-0.25, -0.2) is 0 Å². The summed E-state index contributed by atoms with van der Waals surface area (Å²) in [6, 6.07) is 9.37. The Hall–Kier alpha value is -5.42. The molecule has 97 heavy (non-hydrogen) atoms. The van der Waals surface area contributed by atoms with E-state index >= 15 is 0 Å². The van der Waals surface area contributed by atoms with Crippen molar-refractivity contribution in [1.29, 1.82) is 0 Å². The summed E-state index contributed by atoms with van der Waals surface area (Å²) < 4.78 is 235. The number of anilines is 2. The number of rotatable bonds is 47. The van der Waals surface area contributed by atoms with Crippen LogP contribution in [0.2, 0.25) is 0 Å². The third-order valence-electron chi connectivity index (χ3n) is 16.2. The van der Waals surface area contributed by atoms with Crippen molar-refractivity contribution in [2.24, 2.45) is 0 Å². The van der Waals surface area contributed by atoms with Gasteiger partial charge in [-0.2, -0.15) is 42.1 Å². The lowest BCUT2D eigenvalue weighted by molar-refractivity contribution is -0.137. The molecule has 0 aromatic heterocycles. The fourth-order valence-corrected chi connectivity index (χ4v) is 14.7. The van der Waals surface area contributed by atoms with E-state index in [2.05, 4.69) is 0 Å². The molecular formula is C63H88N2O27S5. The molecule has 2 aliphatic rings. The lowest BCUT2D eigenvalue weighted by Gasteiger charge is -2.42. The molecule has 0 aliphatic carbocycles. The summed E-state index contributed by atoms with van der Waals surface area (Å²) in [6.07, 6.45) is 11.1. The topological polar surface area (TPSA) is 408 Å². The van der Waals surface area contributed by atoms with E-state index in [1.165, 1.54) is 12.1 Å². The van der Waals surface area contributed by atoms with E-state index < -0.39 is 92.7 Å². The van der Waals surface area contributed by atoms with Crippen LogP contribution >= 0.6 is 0 Å². The lowest BCUT2D eigenvalue weighted by Crippen LogP contribution is -2.36.